The first-order valence-corrected chi connectivity index (χ1v) is 5.84. The van der Waals surface area contributed by atoms with Gasteiger partial charge in [-0.25, -0.2) is 0 Å². The molecule has 2 heteroatoms. The Hall–Kier alpha value is -1.28. The van der Waals surface area contributed by atoms with Crippen LogP contribution in [0.5, 0.6) is 5.75 Å². The number of rotatable bonds is 2. The molecule has 1 aliphatic heterocycles. The maximum atomic E-state index is 5.38. The first-order valence-electron chi connectivity index (χ1n) is 5.84. The van der Waals surface area contributed by atoms with Crippen LogP contribution in [0.3, 0.4) is 0 Å². The molecule has 0 aromatic heterocycles. The highest BCUT2D eigenvalue weighted by molar-refractivity contribution is 5.61. The number of ether oxygens (including phenoxy) is 1. The van der Waals surface area contributed by atoms with Crippen molar-refractivity contribution in [3.05, 3.63) is 34.9 Å². The summed E-state index contributed by atoms with van der Waals surface area (Å²) in [5, 5.41) is 3.40. The van der Waals surface area contributed by atoms with Crippen LogP contribution in [-0.4, -0.2) is 20.2 Å². The van der Waals surface area contributed by atoms with Gasteiger partial charge in [0.15, 0.2) is 0 Å². The predicted octanol–water partition coefficient (Wildman–Crippen LogP) is 2.77. The van der Waals surface area contributed by atoms with E-state index in [-0.39, 0.29) is 0 Å². The highest BCUT2D eigenvalue weighted by atomic mass is 16.5. The summed E-state index contributed by atoms with van der Waals surface area (Å²) < 4.78 is 5.38. The summed E-state index contributed by atoms with van der Waals surface area (Å²) >= 11 is 0. The van der Waals surface area contributed by atoms with Crippen LogP contribution >= 0.6 is 0 Å². The van der Waals surface area contributed by atoms with E-state index >= 15 is 0 Å². The van der Waals surface area contributed by atoms with E-state index < -0.39 is 0 Å². The molecule has 86 valence electrons. The molecule has 1 saturated heterocycles. The van der Waals surface area contributed by atoms with Crippen molar-refractivity contribution >= 4 is 6.08 Å². The van der Waals surface area contributed by atoms with Crippen molar-refractivity contribution in [3.63, 3.8) is 0 Å². The fourth-order valence-electron chi connectivity index (χ4n) is 2.09. The molecule has 1 aromatic carbocycles. The van der Waals surface area contributed by atoms with Gasteiger partial charge in [0, 0.05) is 12.1 Å². The van der Waals surface area contributed by atoms with E-state index in [9.17, 15) is 0 Å². The van der Waals surface area contributed by atoms with Crippen LogP contribution in [0.15, 0.2) is 23.8 Å². The molecule has 0 bridgehead atoms. The van der Waals surface area contributed by atoms with Crippen molar-refractivity contribution in [2.45, 2.75) is 19.8 Å². The Morgan fingerprint density at radius 2 is 2.25 bits per heavy atom. The Bertz CT molecular complexity index is 388. The summed E-state index contributed by atoms with van der Waals surface area (Å²) in [5.74, 6) is 0.962. The fourth-order valence-corrected chi connectivity index (χ4v) is 2.09. The summed E-state index contributed by atoms with van der Waals surface area (Å²) in [6, 6.07) is 6.30. The van der Waals surface area contributed by atoms with Gasteiger partial charge in [-0.15, -0.1) is 0 Å². The lowest BCUT2D eigenvalue weighted by Gasteiger charge is -2.16. The van der Waals surface area contributed by atoms with E-state index in [2.05, 4.69) is 30.4 Å². The SMILES string of the molecule is COc1ccc(C)cc1C=C1CCCNC1. The monoisotopic (exact) mass is 217 g/mol. The molecular weight excluding hydrogens is 198 g/mol. The van der Waals surface area contributed by atoms with Gasteiger partial charge in [-0.05, 0) is 38.4 Å². The molecule has 0 atom stereocenters. The second-order valence-corrected chi connectivity index (χ2v) is 4.33. The molecule has 16 heavy (non-hydrogen) atoms. The Morgan fingerprint density at radius 1 is 1.38 bits per heavy atom. The lowest BCUT2D eigenvalue weighted by molar-refractivity contribution is 0.413. The molecule has 1 aromatic rings. The minimum Gasteiger partial charge on any atom is -0.496 e. The van der Waals surface area contributed by atoms with Gasteiger partial charge in [0.05, 0.1) is 7.11 Å². The Kier molecular flexibility index (Phi) is 3.62. The summed E-state index contributed by atoms with van der Waals surface area (Å²) in [6.45, 7) is 4.26. The zero-order valence-electron chi connectivity index (χ0n) is 10.0. The van der Waals surface area contributed by atoms with Crippen LogP contribution < -0.4 is 10.1 Å². The van der Waals surface area contributed by atoms with E-state index in [0.29, 0.717) is 0 Å². The van der Waals surface area contributed by atoms with Crippen LogP contribution in [0.25, 0.3) is 6.08 Å². The van der Waals surface area contributed by atoms with E-state index in [1.54, 1.807) is 7.11 Å². The van der Waals surface area contributed by atoms with Crippen LogP contribution in [0.2, 0.25) is 0 Å². The van der Waals surface area contributed by atoms with Crippen LogP contribution in [-0.2, 0) is 0 Å². The van der Waals surface area contributed by atoms with E-state index in [4.69, 9.17) is 4.74 Å². The molecule has 0 unspecified atom stereocenters. The van der Waals surface area contributed by atoms with Crippen molar-refractivity contribution in [2.75, 3.05) is 20.2 Å². The van der Waals surface area contributed by atoms with Crippen LogP contribution in [0.1, 0.15) is 24.0 Å². The van der Waals surface area contributed by atoms with E-state index in [0.717, 1.165) is 18.8 Å². The molecule has 0 saturated carbocycles. The second-order valence-electron chi connectivity index (χ2n) is 4.33. The smallest absolute Gasteiger partial charge is 0.126 e. The van der Waals surface area contributed by atoms with Gasteiger partial charge >= 0.3 is 0 Å². The Balaban J connectivity index is 2.27. The zero-order chi connectivity index (χ0) is 11.4. The lowest BCUT2D eigenvalue weighted by Crippen LogP contribution is -2.23. The van der Waals surface area contributed by atoms with Gasteiger partial charge in [0.2, 0.25) is 0 Å². The number of aryl methyl sites for hydroxylation is 1. The van der Waals surface area contributed by atoms with Crippen molar-refractivity contribution in [2.24, 2.45) is 0 Å². The molecule has 1 heterocycles. The number of nitrogens with one attached hydrogen (secondary N) is 1. The maximum absolute atomic E-state index is 5.38. The number of methoxy groups -OCH3 is 1. The minimum absolute atomic E-state index is 0.962. The lowest BCUT2D eigenvalue weighted by atomic mass is 10.0. The minimum atomic E-state index is 0.962. The maximum Gasteiger partial charge on any atom is 0.126 e. The van der Waals surface area contributed by atoms with Crippen molar-refractivity contribution < 1.29 is 4.74 Å². The van der Waals surface area contributed by atoms with Crippen LogP contribution in [0, 0.1) is 6.92 Å². The Morgan fingerprint density at radius 3 is 2.94 bits per heavy atom. The van der Waals surface area contributed by atoms with Crippen molar-refractivity contribution in [1.29, 1.82) is 0 Å². The molecule has 0 amide bonds. The average molecular weight is 217 g/mol. The average Bonchev–Trinajstić information content (AvgIpc) is 2.31. The summed E-state index contributed by atoms with van der Waals surface area (Å²) in [5.41, 5.74) is 3.94. The molecule has 1 N–H and O–H groups in total. The van der Waals surface area contributed by atoms with Crippen LogP contribution in [0.4, 0.5) is 0 Å². The van der Waals surface area contributed by atoms with Crippen molar-refractivity contribution in [1.82, 2.24) is 5.32 Å². The molecule has 2 rings (SSSR count). The Labute approximate surface area is 97.3 Å². The van der Waals surface area contributed by atoms with Gasteiger partial charge in [-0.3, -0.25) is 0 Å². The molecule has 0 radical (unpaired) electrons. The van der Waals surface area contributed by atoms with Gasteiger partial charge in [0.25, 0.3) is 0 Å². The normalized spacial score (nSPS) is 18.8. The summed E-state index contributed by atoms with van der Waals surface area (Å²) in [6.07, 6.45) is 4.70. The predicted molar refractivity (Wildman–Crippen MR) is 67.8 cm³/mol. The third-order valence-corrected chi connectivity index (χ3v) is 2.95. The quantitative estimate of drug-likeness (QED) is 0.822. The number of benzene rings is 1. The number of piperidine rings is 1. The highest BCUT2D eigenvalue weighted by Gasteiger charge is 2.06. The second kappa shape index (κ2) is 5.17. The van der Waals surface area contributed by atoms with Gasteiger partial charge in [0.1, 0.15) is 5.75 Å². The third-order valence-electron chi connectivity index (χ3n) is 2.95. The van der Waals surface area contributed by atoms with Gasteiger partial charge in [-0.1, -0.05) is 23.3 Å². The molecular formula is C14H19NO. The largest absolute Gasteiger partial charge is 0.496 e. The fraction of sp³-hybridized carbons (Fsp3) is 0.429. The summed E-state index contributed by atoms with van der Waals surface area (Å²) in [7, 11) is 1.73. The van der Waals surface area contributed by atoms with Gasteiger partial charge in [-0.2, -0.15) is 0 Å². The number of hydrogen-bond donors (Lipinski definition) is 1. The molecule has 0 spiro atoms. The van der Waals surface area contributed by atoms with Gasteiger partial charge < -0.3 is 10.1 Å². The van der Waals surface area contributed by atoms with Crippen molar-refractivity contribution in [3.8, 4) is 5.75 Å². The zero-order valence-corrected chi connectivity index (χ0v) is 10.0. The topological polar surface area (TPSA) is 21.3 Å². The first-order chi connectivity index (χ1) is 7.79. The first kappa shape index (κ1) is 11.2. The molecule has 0 aliphatic carbocycles. The summed E-state index contributed by atoms with van der Waals surface area (Å²) in [4.78, 5) is 0. The number of hydrogen-bond acceptors (Lipinski definition) is 2. The van der Waals surface area contributed by atoms with E-state index in [1.165, 1.54) is 29.5 Å². The molecule has 1 fully saturated rings. The van der Waals surface area contributed by atoms with E-state index in [1.807, 2.05) is 6.07 Å². The standard InChI is InChI=1S/C14H19NO/c1-11-5-6-14(16-2)13(8-11)9-12-4-3-7-15-10-12/h5-6,8-9,15H,3-4,7,10H2,1-2H3. The molecule has 1 aliphatic rings. The molecule has 2 nitrogen and oxygen atoms in total. The highest BCUT2D eigenvalue weighted by Crippen LogP contribution is 2.24. The third kappa shape index (κ3) is 2.64.